The number of carboxylic acid groups (broad SMARTS) is 1. The van der Waals surface area contributed by atoms with Crippen LogP contribution < -0.4 is 5.32 Å². The predicted molar refractivity (Wildman–Crippen MR) is 84.3 cm³/mol. The highest BCUT2D eigenvalue weighted by atomic mass is 16.4. The number of nitrogens with zero attached hydrogens (tertiary/aromatic N) is 2. The number of nitrogens with one attached hydrogen (secondary N) is 1. The quantitative estimate of drug-likeness (QED) is 0.877. The van der Waals surface area contributed by atoms with Crippen molar-refractivity contribution in [3.05, 3.63) is 23.4 Å². The minimum Gasteiger partial charge on any atom is -0.481 e. The maximum atomic E-state index is 12.5. The lowest BCUT2D eigenvalue weighted by molar-refractivity contribution is -0.149. The molecule has 122 valence electrons. The largest absolute Gasteiger partial charge is 0.481 e. The number of rotatable bonds is 2. The van der Waals surface area contributed by atoms with Gasteiger partial charge in [0.1, 0.15) is 5.82 Å². The van der Waals surface area contributed by atoms with Crippen molar-refractivity contribution in [1.29, 1.82) is 0 Å². The molecular formula is C17H21N3O3. The molecule has 0 unspecified atom stereocenters. The number of hydrogen-bond donors (Lipinski definition) is 2. The van der Waals surface area contributed by atoms with Gasteiger partial charge in [0, 0.05) is 18.8 Å². The molecule has 1 saturated heterocycles. The smallest absolute Gasteiger partial charge is 0.323 e. The summed E-state index contributed by atoms with van der Waals surface area (Å²) in [7, 11) is 0. The zero-order valence-electron chi connectivity index (χ0n) is 13.0. The first-order valence-corrected chi connectivity index (χ1v) is 8.37. The van der Waals surface area contributed by atoms with Crippen molar-refractivity contribution < 1.29 is 14.7 Å². The molecule has 2 amide bonds. The first-order valence-electron chi connectivity index (χ1n) is 8.37. The molecule has 2 heterocycles. The van der Waals surface area contributed by atoms with Crippen LogP contribution in [0.5, 0.6) is 0 Å². The average molecular weight is 315 g/mol. The van der Waals surface area contributed by atoms with E-state index in [0.717, 1.165) is 37.8 Å². The Balaban J connectivity index is 1.47. The number of aryl methyl sites for hydroxylation is 2. The van der Waals surface area contributed by atoms with Crippen LogP contribution in [-0.4, -0.2) is 40.1 Å². The summed E-state index contributed by atoms with van der Waals surface area (Å²) in [6, 6.07) is 3.64. The second-order valence-corrected chi connectivity index (χ2v) is 7.02. The van der Waals surface area contributed by atoms with Crippen LogP contribution in [0.1, 0.15) is 36.9 Å². The van der Waals surface area contributed by atoms with E-state index in [1.807, 2.05) is 12.1 Å². The van der Waals surface area contributed by atoms with Gasteiger partial charge in [0.25, 0.3) is 0 Å². The molecule has 23 heavy (non-hydrogen) atoms. The molecule has 2 fully saturated rings. The number of anilines is 1. The fraction of sp³-hybridized carbons (Fsp3) is 0.588. The van der Waals surface area contributed by atoms with Crippen molar-refractivity contribution in [3.8, 4) is 0 Å². The maximum absolute atomic E-state index is 12.5. The van der Waals surface area contributed by atoms with Gasteiger partial charge in [-0.25, -0.2) is 9.78 Å². The molecule has 1 aliphatic heterocycles. The van der Waals surface area contributed by atoms with Crippen molar-refractivity contribution in [2.75, 3.05) is 18.4 Å². The summed E-state index contributed by atoms with van der Waals surface area (Å²) < 4.78 is 0. The highest BCUT2D eigenvalue weighted by Gasteiger charge is 2.55. The van der Waals surface area contributed by atoms with Crippen molar-refractivity contribution in [2.24, 2.45) is 11.3 Å². The van der Waals surface area contributed by atoms with E-state index >= 15 is 0 Å². The first kappa shape index (κ1) is 14.5. The van der Waals surface area contributed by atoms with Crippen LogP contribution >= 0.6 is 0 Å². The number of aromatic nitrogens is 1. The standard InChI is InChI=1S/C17H21N3O3/c21-15(22)17-8-2-4-12(17)9-20(10-17)16(23)19-14-7-6-11-3-1-5-13(11)18-14/h6-7,12H,1-5,8-10H2,(H,21,22)(H,18,19,23)/t12-,17+/m0/s1. The molecule has 0 aromatic carbocycles. The Bertz CT molecular complexity index is 675. The SMILES string of the molecule is O=C(Nc1ccc2c(n1)CCC2)N1C[C@@H]2CCC[C@@]2(C(=O)O)C1. The van der Waals surface area contributed by atoms with Crippen LogP contribution in [0.4, 0.5) is 10.6 Å². The molecule has 2 N–H and O–H groups in total. The van der Waals surface area contributed by atoms with Gasteiger partial charge < -0.3 is 10.0 Å². The van der Waals surface area contributed by atoms with Gasteiger partial charge in [-0.2, -0.15) is 0 Å². The van der Waals surface area contributed by atoms with Crippen LogP contribution in [-0.2, 0) is 17.6 Å². The van der Waals surface area contributed by atoms with Crippen LogP contribution in [0, 0.1) is 11.3 Å². The number of carbonyl (C=O) groups is 2. The average Bonchev–Trinajstić information content (AvgIpc) is 3.20. The molecule has 1 saturated carbocycles. The fourth-order valence-electron chi connectivity index (χ4n) is 4.47. The van der Waals surface area contributed by atoms with Gasteiger partial charge in [-0.05, 0) is 49.7 Å². The number of urea groups is 1. The Labute approximate surface area is 134 Å². The molecule has 1 aromatic rings. The highest BCUT2D eigenvalue weighted by molar-refractivity contribution is 5.89. The monoisotopic (exact) mass is 315 g/mol. The number of carbonyl (C=O) groups excluding carboxylic acids is 1. The number of likely N-dealkylation sites (tertiary alicyclic amines) is 1. The van der Waals surface area contributed by atoms with Crippen molar-refractivity contribution in [3.63, 3.8) is 0 Å². The minimum absolute atomic E-state index is 0.0822. The zero-order chi connectivity index (χ0) is 16.0. The van der Waals surface area contributed by atoms with E-state index < -0.39 is 11.4 Å². The number of amides is 2. The van der Waals surface area contributed by atoms with Crippen LogP contribution in [0.15, 0.2) is 12.1 Å². The van der Waals surface area contributed by atoms with E-state index in [9.17, 15) is 14.7 Å². The molecule has 0 spiro atoms. The number of carboxylic acids is 1. The van der Waals surface area contributed by atoms with Gasteiger partial charge in [0.2, 0.25) is 0 Å². The molecule has 3 aliphatic rings. The van der Waals surface area contributed by atoms with E-state index in [0.29, 0.717) is 25.3 Å². The van der Waals surface area contributed by atoms with E-state index in [-0.39, 0.29) is 11.9 Å². The Morgan fingerprint density at radius 2 is 2.17 bits per heavy atom. The lowest BCUT2D eigenvalue weighted by atomic mass is 9.81. The highest BCUT2D eigenvalue weighted by Crippen LogP contribution is 2.48. The van der Waals surface area contributed by atoms with Crippen LogP contribution in [0.2, 0.25) is 0 Å². The van der Waals surface area contributed by atoms with Gasteiger partial charge in [-0.15, -0.1) is 0 Å². The Morgan fingerprint density at radius 1 is 1.30 bits per heavy atom. The lowest BCUT2D eigenvalue weighted by Gasteiger charge is -2.23. The van der Waals surface area contributed by atoms with Crippen LogP contribution in [0.25, 0.3) is 0 Å². The fourth-order valence-corrected chi connectivity index (χ4v) is 4.47. The molecule has 6 heteroatoms. The normalized spacial score (nSPS) is 28.5. The van der Waals surface area contributed by atoms with Crippen LogP contribution in [0.3, 0.4) is 0 Å². The summed E-state index contributed by atoms with van der Waals surface area (Å²) in [6.07, 6.45) is 5.66. The summed E-state index contributed by atoms with van der Waals surface area (Å²) in [5.41, 5.74) is 1.61. The van der Waals surface area contributed by atoms with E-state index in [4.69, 9.17) is 0 Å². The van der Waals surface area contributed by atoms with Gasteiger partial charge >= 0.3 is 12.0 Å². The second-order valence-electron chi connectivity index (χ2n) is 7.02. The summed E-state index contributed by atoms with van der Waals surface area (Å²) in [5.74, 6) is -0.109. The van der Waals surface area contributed by atoms with Gasteiger partial charge in [0.15, 0.2) is 0 Å². The van der Waals surface area contributed by atoms with E-state index in [1.54, 1.807) is 4.90 Å². The van der Waals surface area contributed by atoms with Crippen molar-refractivity contribution >= 4 is 17.8 Å². The number of aliphatic carboxylic acids is 1. The predicted octanol–water partition coefficient (Wildman–Crippen LogP) is 2.29. The summed E-state index contributed by atoms with van der Waals surface area (Å²) in [6.45, 7) is 0.840. The summed E-state index contributed by atoms with van der Waals surface area (Å²) in [5, 5.41) is 12.4. The van der Waals surface area contributed by atoms with E-state index in [2.05, 4.69) is 10.3 Å². The minimum atomic E-state index is -0.758. The molecule has 2 atom stereocenters. The molecular weight excluding hydrogens is 294 g/mol. The second kappa shape index (κ2) is 5.22. The molecule has 2 aliphatic carbocycles. The molecule has 1 aromatic heterocycles. The molecule has 4 rings (SSSR count). The topological polar surface area (TPSA) is 82.5 Å². The van der Waals surface area contributed by atoms with E-state index in [1.165, 1.54) is 5.56 Å². The van der Waals surface area contributed by atoms with Crippen molar-refractivity contribution in [1.82, 2.24) is 9.88 Å². The zero-order valence-corrected chi connectivity index (χ0v) is 13.0. The Morgan fingerprint density at radius 3 is 2.96 bits per heavy atom. The van der Waals surface area contributed by atoms with Gasteiger partial charge in [0.05, 0.1) is 5.41 Å². The first-order chi connectivity index (χ1) is 11.1. The molecule has 0 bridgehead atoms. The lowest BCUT2D eigenvalue weighted by Crippen LogP contribution is -2.38. The summed E-state index contributed by atoms with van der Waals surface area (Å²) in [4.78, 5) is 30.3. The Hall–Kier alpha value is -2.11. The third-order valence-corrected chi connectivity index (χ3v) is 5.75. The summed E-state index contributed by atoms with van der Waals surface area (Å²) >= 11 is 0. The van der Waals surface area contributed by atoms with Crippen molar-refractivity contribution in [2.45, 2.75) is 38.5 Å². The maximum Gasteiger partial charge on any atom is 0.323 e. The van der Waals surface area contributed by atoms with Gasteiger partial charge in [-0.1, -0.05) is 12.5 Å². The number of fused-ring (bicyclic) bond motifs is 2. The molecule has 0 radical (unpaired) electrons. The number of pyridine rings is 1. The third-order valence-electron chi connectivity index (χ3n) is 5.75. The molecule has 6 nitrogen and oxygen atoms in total. The third kappa shape index (κ3) is 2.28. The van der Waals surface area contributed by atoms with Gasteiger partial charge in [-0.3, -0.25) is 10.1 Å². The Kier molecular flexibility index (Phi) is 3.28. The number of hydrogen-bond acceptors (Lipinski definition) is 3.